The highest BCUT2D eigenvalue weighted by Crippen LogP contribution is 2.21. The number of carbonyl (C=O) groups excluding carboxylic acids is 1. The number of anilines is 1. The van der Waals surface area contributed by atoms with E-state index in [4.69, 9.17) is 0 Å². The van der Waals surface area contributed by atoms with Gasteiger partial charge in [-0.05, 0) is 53.8 Å². The van der Waals surface area contributed by atoms with Gasteiger partial charge in [0.15, 0.2) is 0 Å². The monoisotopic (exact) mass is 350 g/mol. The van der Waals surface area contributed by atoms with E-state index in [-0.39, 0.29) is 10.0 Å². The molecule has 2 aromatic rings. The third-order valence-electron chi connectivity index (χ3n) is 2.95. The van der Waals surface area contributed by atoms with Crippen molar-refractivity contribution < 1.29 is 9.18 Å². The van der Waals surface area contributed by atoms with Crippen molar-refractivity contribution >= 4 is 27.5 Å². The van der Waals surface area contributed by atoms with E-state index < -0.39 is 11.7 Å². The van der Waals surface area contributed by atoms with Gasteiger partial charge >= 0.3 is 0 Å². The van der Waals surface area contributed by atoms with E-state index in [0.717, 1.165) is 5.56 Å². The molecule has 0 heterocycles. The average Bonchev–Trinajstić information content (AvgIpc) is 2.43. The van der Waals surface area contributed by atoms with Crippen LogP contribution in [-0.2, 0) is 6.54 Å². The van der Waals surface area contributed by atoms with Gasteiger partial charge in [-0.1, -0.05) is 24.3 Å². The number of benzene rings is 2. The topological polar surface area (TPSA) is 32.3 Å². The molecule has 110 valence electrons. The number of halogens is 2. The molecule has 0 aliphatic carbocycles. The summed E-state index contributed by atoms with van der Waals surface area (Å²) in [4.78, 5) is 14.2. The average molecular weight is 351 g/mol. The van der Waals surface area contributed by atoms with E-state index >= 15 is 0 Å². The van der Waals surface area contributed by atoms with Gasteiger partial charge in [0.1, 0.15) is 5.82 Å². The Balaban J connectivity index is 2.26. The summed E-state index contributed by atoms with van der Waals surface area (Å²) >= 11 is 3.09. The lowest BCUT2D eigenvalue weighted by Crippen LogP contribution is -2.17. The van der Waals surface area contributed by atoms with Crippen molar-refractivity contribution in [2.75, 3.05) is 19.4 Å². The summed E-state index contributed by atoms with van der Waals surface area (Å²) < 4.78 is 14.2. The largest absolute Gasteiger partial charge is 0.322 e. The van der Waals surface area contributed by atoms with Crippen LogP contribution in [0.5, 0.6) is 0 Å². The number of rotatable bonds is 4. The molecule has 2 aromatic carbocycles. The molecule has 0 saturated heterocycles. The Labute approximate surface area is 131 Å². The Hall–Kier alpha value is -1.72. The third kappa shape index (κ3) is 3.89. The Morgan fingerprint density at radius 3 is 2.62 bits per heavy atom. The molecule has 0 atom stereocenters. The number of para-hydroxylation sites is 1. The van der Waals surface area contributed by atoms with Gasteiger partial charge in [0.05, 0.1) is 10.0 Å². The van der Waals surface area contributed by atoms with Crippen molar-refractivity contribution in [2.24, 2.45) is 0 Å². The van der Waals surface area contributed by atoms with Crippen LogP contribution in [0.15, 0.2) is 46.9 Å². The minimum absolute atomic E-state index is 0.0176. The molecule has 2 rings (SSSR count). The van der Waals surface area contributed by atoms with Crippen LogP contribution in [-0.4, -0.2) is 24.9 Å². The van der Waals surface area contributed by atoms with Crippen LogP contribution in [0.3, 0.4) is 0 Å². The van der Waals surface area contributed by atoms with Crippen LogP contribution in [0, 0.1) is 5.82 Å². The Kier molecular flexibility index (Phi) is 5.09. The zero-order valence-electron chi connectivity index (χ0n) is 11.9. The van der Waals surface area contributed by atoms with Crippen LogP contribution >= 0.6 is 15.9 Å². The molecule has 0 radical (unpaired) electrons. The Morgan fingerprint density at radius 2 is 1.90 bits per heavy atom. The summed E-state index contributed by atoms with van der Waals surface area (Å²) in [6, 6.07) is 12.2. The smallest absolute Gasteiger partial charge is 0.258 e. The molecule has 0 spiro atoms. The van der Waals surface area contributed by atoms with E-state index in [1.54, 1.807) is 12.1 Å². The summed E-state index contributed by atoms with van der Waals surface area (Å²) in [5.74, 6) is -1.01. The first-order valence-corrected chi connectivity index (χ1v) is 7.26. The molecule has 0 saturated carbocycles. The summed E-state index contributed by atoms with van der Waals surface area (Å²) in [5, 5.41) is 2.77. The highest BCUT2D eigenvalue weighted by Gasteiger charge is 2.15. The first kappa shape index (κ1) is 15.7. The first-order valence-electron chi connectivity index (χ1n) is 6.47. The number of amides is 1. The fourth-order valence-electron chi connectivity index (χ4n) is 1.99. The second-order valence-electron chi connectivity index (χ2n) is 4.95. The molecule has 3 nitrogen and oxygen atoms in total. The lowest BCUT2D eigenvalue weighted by Gasteiger charge is -2.15. The predicted molar refractivity (Wildman–Crippen MR) is 85.9 cm³/mol. The molecule has 0 aliphatic heterocycles. The zero-order chi connectivity index (χ0) is 15.4. The summed E-state index contributed by atoms with van der Waals surface area (Å²) in [6.07, 6.45) is 0. The molecule has 1 N–H and O–H groups in total. The third-order valence-corrected chi connectivity index (χ3v) is 3.56. The van der Waals surface area contributed by atoms with Gasteiger partial charge in [-0.25, -0.2) is 4.39 Å². The van der Waals surface area contributed by atoms with Crippen molar-refractivity contribution in [3.8, 4) is 0 Å². The van der Waals surface area contributed by atoms with Crippen molar-refractivity contribution in [3.63, 3.8) is 0 Å². The SMILES string of the molecule is CN(C)Cc1ccccc1NC(=O)c1cccc(Br)c1F. The zero-order valence-corrected chi connectivity index (χ0v) is 13.4. The molecule has 0 bridgehead atoms. The Morgan fingerprint density at radius 1 is 1.19 bits per heavy atom. The van der Waals surface area contributed by atoms with Crippen molar-refractivity contribution in [1.82, 2.24) is 4.90 Å². The second kappa shape index (κ2) is 6.83. The van der Waals surface area contributed by atoms with Crippen LogP contribution < -0.4 is 5.32 Å². The molecule has 5 heteroatoms. The van der Waals surface area contributed by atoms with Crippen molar-refractivity contribution in [3.05, 3.63) is 63.9 Å². The van der Waals surface area contributed by atoms with Gasteiger partial charge in [-0.3, -0.25) is 4.79 Å². The predicted octanol–water partition coefficient (Wildman–Crippen LogP) is 3.90. The van der Waals surface area contributed by atoms with Gasteiger partial charge < -0.3 is 10.2 Å². The van der Waals surface area contributed by atoms with E-state index in [1.807, 2.05) is 43.3 Å². The molecule has 0 aliphatic rings. The maximum atomic E-state index is 13.9. The molecule has 21 heavy (non-hydrogen) atoms. The van der Waals surface area contributed by atoms with E-state index in [9.17, 15) is 9.18 Å². The minimum Gasteiger partial charge on any atom is -0.322 e. The molecule has 0 aromatic heterocycles. The van der Waals surface area contributed by atoms with E-state index in [2.05, 4.69) is 21.2 Å². The number of hydrogen-bond donors (Lipinski definition) is 1. The molecule has 0 unspecified atom stereocenters. The summed E-state index contributed by atoms with van der Waals surface area (Å²) in [5.41, 5.74) is 1.69. The van der Waals surface area contributed by atoms with Crippen molar-refractivity contribution in [2.45, 2.75) is 6.54 Å². The number of nitrogens with one attached hydrogen (secondary N) is 1. The highest BCUT2D eigenvalue weighted by molar-refractivity contribution is 9.10. The van der Waals surface area contributed by atoms with Gasteiger partial charge in [0, 0.05) is 12.2 Å². The van der Waals surface area contributed by atoms with Crippen LogP contribution in [0.2, 0.25) is 0 Å². The normalized spacial score (nSPS) is 10.7. The first-order chi connectivity index (χ1) is 9.99. The van der Waals surface area contributed by atoms with Crippen molar-refractivity contribution in [1.29, 1.82) is 0 Å². The number of nitrogens with zero attached hydrogens (tertiary/aromatic N) is 1. The van der Waals surface area contributed by atoms with Crippen LogP contribution in [0.4, 0.5) is 10.1 Å². The summed E-state index contributed by atoms with van der Waals surface area (Å²) in [7, 11) is 3.90. The van der Waals surface area contributed by atoms with Crippen LogP contribution in [0.1, 0.15) is 15.9 Å². The van der Waals surface area contributed by atoms with Gasteiger partial charge in [0.25, 0.3) is 5.91 Å². The van der Waals surface area contributed by atoms with E-state index in [1.165, 1.54) is 6.07 Å². The number of hydrogen-bond acceptors (Lipinski definition) is 2. The lowest BCUT2D eigenvalue weighted by atomic mass is 10.1. The summed E-state index contributed by atoms with van der Waals surface area (Å²) in [6.45, 7) is 0.692. The lowest BCUT2D eigenvalue weighted by molar-refractivity contribution is 0.102. The number of carbonyl (C=O) groups is 1. The Bertz CT molecular complexity index is 658. The fraction of sp³-hybridized carbons (Fsp3) is 0.188. The molecule has 0 fully saturated rings. The quantitative estimate of drug-likeness (QED) is 0.906. The van der Waals surface area contributed by atoms with Crippen LogP contribution in [0.25, 0.3) is 0 Å². The molecular formula is C16H16BrFN2O. The maximum Gasteiger partial charge on any atom is 0.258 e. The van der Waals surface area contributed by atoms with E-state index in [0.29, 0.717) is 12.2 Å². The maximum absolute atomic E-state index is 13.9. The minimum atomic E-state index is -0.555. The molecule has 1 amide bonds. The van der Waals surface area contributed by atoms with Gasteiger partial charge in [0.2, 0.25) is 0 Å². The van der Waals surface area contributed by atoms with Gasteiger partial charge in [-0.2, -0.15) is 0 Å². The standard InChI is InChI=1S/C16H16BrFN2O/c1-20(2)10-11-6-3-4-9-14(11)19-16(21)12-7-5-8-13(17)15(12)18/h3-9H,10H2,1-2H3,(H,19,21). The molecular weight excluding hydrogens is 335 g/mol. The van der Waals surface area contributed by atoms with Gasteiger partial charge in [-0.15, -0.1) is 0 Å². The fourth-order valence-corrected chi connectivity index (χ4v) is 2.36. The highest BCUT2D eigenvalue weighted by atomic mass is 79.9. The second-order valence-corrected chi connectivity index (χ2v) is 5.80.